The van der Waals surface area contributed by atoms with Gasteiger partial charge in [0.1, 0.15) is 5.76 Å². The fourth-order valence-corrected chi connectivity index (χ4v) is 3.83. The molecule has 0 radical (unpaired) electrons. The summed E-state index contributed by atoms with van der Waals surface area (Å²) in [5.74, 6) is 3.85. The second kappa shape index (κ2) is 12.0. The number of aliphatic imine (C=N–C) groups is 1. The average Bonchev–Trinajstić information content (AvgIpc) is 3.07. The van der Waals surface area contributed by atoms with Crippen LogP contribution in [0.3, 0.4) is 0 Å². The van der Waals surface area contributed by atoms with Crippen molar-refractivity contribution in [3.05, 3.63) is 24.2 Å². The van der Waals surface area contributed by atoms with Crippen molar-refractivity contribution in [1.29, 1.82) is 0 Å². The van der Waals surface area contributed by atoms with Crippen LogP contribution in [0.15, 0.2) is 27.8 Å². The van der Waals surface area contributed by atoms with Crippen molar-refractivity contribution in [2.75, 3.05) is 45.6 Å². The van der Waals surface area contributed by atoms with Gasteiger partial charge in [-0.05, 0) is 18.1 Å². The summed E-state index contributed by atoms with van der Waals surface area (Å²) in [6, 6.07) is 3.94. The molecule has 0 aromatic carbocycles. The summed E-state index contributed by atoms with van der Waals surface area (Å²) < 4.78 is 10.5. The van der Waals surface area contributed by atoms with Crippen molar-refractivity contribution in [3.63, 3.8) is 0 Å². The molecule has 0 saturated carbocycles. The number of halogens is 1. The molecule has 2 heterocycles. The highest BCUT2D eigenvalue weighted by Gasteiger charge is 2.24. The first kappa shape index (κ1) is 21.6. The van der Waals surface area contributed by atoms with E-state index in [0.29, 0.717) is 24.3 Å². The van der Waals surface area contributed by atoms with Gasteiger partial charge >= 0.3 is 0 Å². The number of methoxy groups -OCH3 is 1. The summed E-state index contributed by atoms with van der Waals surface area (Å²) in [5.41, 5.74) is 0. The zero-order valence-electron chi connectivity index (χ0n) is 14.9. The summed E-state index contributed by atoms with van der Waals surface area (Å²) in [5, 5.41) is 4.17. The zero-order valence-corrected chi connectivity index (χ0v) is 18.0. The Bertz CT molecular complexity index is 468. The van der Waals surface area contributed by atoms with Crippen LogP contribution in [0, 0.1) is 5.92 Å². The molecule has 1 aliphatic rings. The van der Waals surface area contributed by atoms with Gasteiger partial charge in [-0.25, -0.2) is 0 Å². The Labute approximate surface area is 167 Å². The Balaban J connectivity index is 0.00000288. The molecule has 0 aliphatic carbocycles. The highest BCUT2D eigenvalue weighted by molar-refractivity contribution is 14.0. The largest absolute Gasteiger partial charge is 0.469 e. The minimum atomic E-state index is 0. The molecule has 1 aromatic heterocycles. The van der Waals surface area contributed by atoms with E-state index in [1.807, 2.05) is 12.1 Å². The SMILES string of the molecule is COCCN=C(NCCc1ccco1)N1CCSC(C(C)C)C1.I. The second-order valence-electron chi connectivity index (χ2n) is 6.05. The van der Waals surface area contributed by atoms with Crippen molar-refractivity contribution in [1.82, 2.24) is 10.2 Å². The maximum atomic E-state index is 5.39. The van der Waals surface area contributed by atoms with E-state index in [2.05, 4.69) is 35.8 Å². The molecule has 0 amide bonds. The number of guanidine groups is 1. The van der Waals surface area contributed by atoms with Crippen LogP contribution in [0.5, 0.6) is 0 Å². The molecule has 24 heavy (non-hydrogen) atoms. The molecule has 1 unspecified atom stereocenters. The molecular formula is C17H30IN3O2S. The maximum absolute atomic E-state index is 5.39. The molecular weight excluding hydrogens is 437 g/mol. The summed E-state index contributed by atoms with van der Waals surface area (Å²) in [4.78, 5) is 7.10. The van der Waals surface area contributed by atoms with Gasteiger partial charge in [0.2, 0.25) is 0 Å². The van der Waals surface area contributed by atoms with Crippen molar-refractivity contribution >= 4 is 41.7 Å². The van der Waals surface area contributed by atoms with Gasteiger partial charge in [0.25, 0.3) is 0 Å². The van der Waals surface area contributed by atoms with Crippen LogP contribution in [0.1, 0.15) is 19.6 Å². The maximum Gasteiger partial charge on any atom is 0.194 e. The number of ether oxygens (including phenoxy) is 1. The molecule has 1 fully saturated rings. The van der Waals surface area contributed by atoms with E-state index in [-0.39, 0.29) is 24.0 Å². The Morgan fingerprint density at radius 2 is 2.38 bits per heavy atom. The van der Waals surface area contributed by atoms with Crippen molar-refractivity contribution in [2.45, 2.75) is 25.5 Å². The van der Waals surface area contributed by atoms with E-state index in [1.54, 1.807) is 13.4 Å². The van der Waals surface area contributed by atoms with Crippen LogP contribution >= 0.6 is 35.7 Å². The number of nitrogens with one attached hydrogen (secondary N) is 1. The molecule has 2 rings (SSSR count). The fourth-order valence-electron chi connectivity index (χ4n) is 2.53. The van der Waals surface area contributed by atoms with Gasteiger partial charge in [0.15, 0.2) is 5.96 Å². The lowest BCUT2D eigenvalue weighted by molar-refractivity contribution is 0.207. The summed E-state index contributed by atoms with van der Waals surface area (Å²) in [6.07, 6.45) is 2.59. The third kappa shape index (κ3) is 7.23. The number of thioether (sulfide) groups is 1. The number of hydrogen-bond acceptors (Lipinski definition) is 4. The Morgan fingerprint density at radius 1 is 1.54 bits per heavy atom. The van der Waals surface area contributed by atoms with Gasteiger partial charge in [0.05, 0.1) is 19.4 Å². The molecule has 138 valence electrons. The first-order valence-corrected chi connectivity index (χ1v) is 9.41. The van der Waals surface area contributed by atoms with Gasteiger partial charge in [-0.3, -0.25) is 4.99 Å². The summed E-state index contributed by atoms with van der Waals surface area (Å²) in [7, 11) is 1.71. The van der Waals surface area contributed by atoms with Crippen molar-refractivity contribution < 1.29 is 9.15 Å². The first-order valence-electron chi connectivity index (χ1n) is 8.37. The van der Waals surface area contributed by atoms with E-state index in [0.717, 1.165) is 43.5 Å². The second-order valence-corrected chi connectivity index (χ2v) is 7.40. The summed E-state index contributed by atoms with van der Waals surface area (Å²) in [6.45, 7) is 8.88. The highest BCUT2D eigenvalue weighted by Crippen LogP contribution is 2.24. The number of nitrogens with zero attached hydrogens (tertiary/aromatic N) is 2. The summed E-state index contributed by atoms with van der Waals surface area (Å²) >= 11 is 2.08. The number of furan rings is 1. The average molecular weight is 467 g/mol. The molecule has 7 heteroatoms. The van der Waals surface area contributed by atoms with E-state index in [1.165, 1.54) is 0 Å². The molecule has 1 aliphatic heterocycles. The Hall–Kier alpha value is -0.410. The van der Waals surface area contributed by atoms with Crippen LogP contribution in [0.4, 0.5) is 0 Å². The first-order chi connectivity index (χ1) is 11.2. The van der Waals surface area contributed by atoms with Gasteiger partial charge < -0.3 is 19.4 Å². The van der Waals surface area contributed by atoms with Gasteiger partial charge in [-0.2, -0.15) is 11.8 Å². The van der Waals surface area contributed by atoms with Crippen molar-refractivity contribution in [3.8, 4) is 0 Å². The topological polar surface area (TPSA) is 50.0 Å². The molecule has 1 saturated heterocycles. The highest BCUT2D eigenvalue weighted by atomic mass is 127. The standard InChI is InChI=1S/C17H29N3O2S.HI/c1-14(2)16-13-20(9-12-23-16)17(19-8-11-21-3)18-7-6-15-5-4-10-22-15;/h4-5,10,14,16H,6-9,11-13H2,1-3H3,(H,18,19);1H. The lowest BCUT2D eigenvalue weighted by atomic mass is 10.1. The van der Waals surface area contributed by atoms with Crippen LogP contribution in [-0.2, 0) is 11.2 Å². The lowest BCUT2D eigenvalue weighted by Gasteiger charge is -2.36. The smallest absolute Gasteiger partial charge is 0.194 e. The monoisotopic (exact) mass is 467 g/mol. The van der Waals surface area contributed by atoms with Gasteiger partial charge in [0, 0.05) is 44.2 Å². The Morgan fingerprint density at radius 3 is 3.04 bits per heavy atom. The van der Waals surface area contributed by atoms with Crippen LogP contribution < -0.4 is 5.32 Å². The third-order valence-electron chi connectivity index (χ3n) is 3.93. The predicted octanol–water partition coefficient (Wildman–Crippen LogP) is 3.11. The van der Waals surface area contributed by atoms with E-state index in [4.69, 9.17) is 14.1 Å². The van der Waals surface area contributed by atoms with E-state index in [9.17, 15) is 0 Å². The molecule has 0 spiro atoms. The van der Waals surface area contributed by atoms with E-state index < -0.39 is 0 Å². The molecule has 5 nitrogen and oxygen atoms in total. The van der Waals surface area contributed by atoms with Crippen LogP contribution in [0.25, 0.3) is 0 Å². The van der Waals surface area contributed by atoms with E-state index >= 15 is 0 Å². The fraction of sp³-hybridized carbons (Fsp3) is 0.706. The van der Waals surface area contributed by atoms with Crippen LogP contribution in [0.2, 0.25) is 0 Å². The quantitative estimate of drug-likeness (QED) is 0.289. The molecule has 0 bridgehead atoms. The zero-order chi connectivity index (χ0) is 16.5. The lowest BCUT2D eigenvalue weighted by Crippen LogP contribution is -2.49. The molecule has 1 aromatic rings. The van der Waals surface area contributed by atoms with Crippen molar-refractivity contribution in [2.24, 2.45) is 10.9 Å². The normalized spacial score (nSPS) is 18.6. The molecule has 1 atom stereocenters. The number of hydrogen-bond donors (Lipinski definition) is 1. The molecule has 1 N–H and O–H groups in total. The minimum Gasteiger partial charge on any atom is -0.469 e. The van der Waals surface area contributed by atoms with Gasteiger partial charge in [-0.1, -0.05) is 13.8 Å². The van der Waals surface area contributed by atoms with Gasteiger partial charge in [-0.15, -0.1) is 24.0 Å². The van der Waals surface area contributed by atoms with Crippen LogP contribution in [-0.4, -0.2) is 61.8 Å². The number of rotatable bonds is 7. The Kier molecular flexibility index (Phi) is 10.8. The third-order valence-corrected chi connectivity index (χ3v) is 5.47. The predicted molar refractivity (Wildman–Crippen MR) is 113 cm³/mol. The minimum absolute atomic E-state index is 0.